The number of aryl methyl sites for hydroxylation is 2. The fourth-order valence-corrected chi connectivity index (χ4v) is 2.56. The molecule has 0 aliphatic rings. The van der Waals surface area contributed by atoms with Gasteiger partial charge in [0.2, 0.25) is 0 Å². The van der Waals surface area contributed by atoms with Crippen LogP contribution in [0.4, 0.5) is 4.39 Å². The van der Waals surface area contributed by atoms with Crippen molar-refractivity contribution in [2.24, 2.45) is 0 Å². The number of hydrogen-bond acceptors (Lipinski definition) is 2. The molecule has 20 heavy (non-hydrogen) atoms. The fourth-order valence-electron chi connectivity index (χ4n) is 2.56. The zero-order chi connectivity index (χ0) is 14.5. The molecule has 0 aliphatic heterocycles. The van der Waals surface area contributed by atoms with Crippen LogP contribution >= 0.6 is 0 Å². The van der Waals surface area contributed by atoms with Crippen LogP contribution in [0.25, 0.3) is 0 Å². The fraction of sp³-hybridized carbons (Fsp3) is 0.353. The molecule has 0 radical (unpaired) electrons. The molecule has 2 nitrogen and oxygen atoms in total. The minimum Gasteiger partial charge on any atom is -0.307 e. The molecule has 0 spiro atoms. The monoisotopic (exact) mass is 272 g/mol. The van der Waals surface area contributed by atoms with Crippen molar-refractivity contribution in [2.45, 2.75) is 33.2 Å². The highest BCUT2D eigenvalue weighted by molar-refractivity contribution is 5.37. The van der Waals surface area contributed by atoms with Gasteiger partial charge in [0.1, 0.15) is 5.82 Å². The summed E-state index contributed by atoms with van der Waals surface area (Å²) < 4.78 is 13.7. The Morgan fingerprint density at radius 3 is 2.70 bits per heavy atom. The van der Waals surface area contributed by atoms with Gasteiger partial charge in [0.15, 0.2) is 0 Å². The molecule has 3 heteroatoms. The van der Waals surface area contributed by atoms with E-state index in [2.05, 4.69) is 24.1 Å². The lowest BCUT2D eigenvalue weighted by Crippen LogP contribution is -2.23. The Hall–Kier alpha value is -1.74. The summed E-state index contributed by atoms with van der Waals surface area (Å²) in [5.74, 6) is -0.185. The molecule has 0 amide bonds. The van der Waals surface area contributed by atoms with E-state index in [-0.39, 0.29) is 11.9 Å². The first-order chi connectivity index (χ1) is 9.65. The second-order valence-electron chi connectivity index (χ2n) is 4.98. The molecule has 2 aromatic rings. The van der Waals surface area contributed by atoms with Crippen LogP contribution < -0.4 is 5.32 Å². The van der Waals surface area contributed by atoms with Gasteiger partial charge in [0.25, 0.3) is 0 Å². The van der Waals surface area contributed by atoms with Crippen LogP contribution in [0.1, 0.15) is 42.1 Å². The molecule has 0 fully saturated rings. The third kappa shape index (κ3) is 3.23. The molecule has 1 N–H and O–H groups in total. The summed E-state index contributed by atoms with van der Waals surface area (Å²) in [7, 11) is 0. The molecule has 2 rings (SSSR count). The number of benzene rings is 1. The summed E-state index contributed by atoms with van der Waals surface area (Å²) in [4.78, 5) is 4.19. The third-order valence-electron chi connectivity index (χ3n) is 3.44. The smallest absolute Gasteiger partial charge is 0.123 e. The Balaban J connectivity index is 2.50. The predicted octanol–water partition coefficient (Wildman–Crippen LogP) is 3.79. The minimum atomic E-state index is -0.185. The van der Waals surface area contributed by atoms with Gasteiger partial charge in [-0.2, -0.15) is 0 Å². The number of nitrogens with zero attached hydrogens (tertiary/aromatic N) is 1. The van der Waals surface area contributed by atoms with Crippen molar-refractivity contribution in [3.05, 3.63) is 64.7 Å². The molecule has 0 saturated heterocycles. The first-order valence-corrected chi connectivity index (χ1v) is 7.09. The molecule has 1 aromatic heterocycles. The maximum atomic E-state index is 13.7. The van der Waals surface area contributed by atoms with E-state index in [9.17, 15) is 4.39 Å². The SMILES string of the molecule is CCNC(c1cc(C)cc(F)c1)c1ccncc1CC. The number of nitrogens with one attached hydrogen (secondary N) is 1. The highest BCUT2D eigenvalue weighted by atomic mass is 19.1. The maximum Gasteiger partial charge on any atom is 0.123 e. The van der Waals surface area contributed by atoms with E-state index in [1.807, 2.05) is 25.3 Å². The Bertz CT molecular complexity index is 561. The third-order valence-corrected chi connectivity index (χ3v) is 3.44. The van der Waals surface area contributed by atoms with Crippen LogP contribution in [0.2, 0.25) is 0 Å². The van der Waals surface area contributed by atoms with Gasteiger partial charge in [-0.05, 0) is 60.3 Å². The molecule has 0 bridgehead atoms. The van der Waals surface area contributed by atoms with Crippen LogP contribution in [0.15, 0.2) is 36.7 Å². The summed E-state index contributed by atoms with van der Waals surface area (Å²) in [6.45, 7) is 6.92. The lowest BCUT2D eigenvalue weighted by atomic mass is 9.93. The van der Waals surface area contributed by atoms with Crippen molar-refractivity contribution in [2.75, 3.05) is 6.54 Å². The molecule has 1 unspecified atom stereocenters. The second kappa shape index (κ2) is 6.62. The van der Waals surface area contributed by atoms with Crippen LogP contribution in [0, 0.1) is 12.7 Å². The van der Waals surface area contributed by atoms with Gasteiger partial charge in [0.05, 0.1) is 6.04 Å². The topological polar surface area (TPSA) is 24.9 Å². The first-order valence-electron chi connectivity index (χ1n) is 7.09. The summed E-state index contributed by atoms with van der Waals surface area (Å²) >= 11 is 0. The Labute approximate surface area is 120 Å². The van der Waals surface area contributed by atoms with Crippen LogP contribution in [-0.2, 0) is 6.42 Å². The molecule has 0 aliphatic carbocycles. The molecule has 1 aromatic carbocycles. The Kier molecular flexibility index (Phi) is 4.85. The lowest BCUT2D eigenvalue weighted by molar-refractivity contribution is 0.599. The van der Waals surface area contributed by atoms with Crippen LogP contribution in [0.3, 0.4) is 0 Å². The van der Waals surface area contributed by atoms with E-state index < -0.39 is 0 Å². The number of hydrogen-bond donors (Lipinski definition) is 1. The van der Waals surface area contributed by atoms with Gasteiger partial charge in [-0.1, -0.05) is 19.9 Å². The van der Waals surface area contributed by atoms with E-state index >= 15 is 0 Å². The highest BCUT2D eigenvalue weighted by Gasteiger charge is 2.17. The predicted molar refractivity (Wildman–Crippen MR) is 80.3 cm³/mol. The van der Waals surface area contributed by atoms with Gasteiger partial charge >= 0.3 is 0 Å². The summed E-state index contributed by atoms with van der Waals surface area (Å²) in [5.41, 5.74) is 4.27. The average molecular weight is 272 g/mol. The quantitative estimate of drug-likeness (QED) is 0.895. The summed E-state index contributed by atoms with van der Waals surface area (Å²) in [5, 5.41) is 3.45. The molecule has 106 valence electrons. The zero-order valence-electron chi connectivity index (χ0n) is 12.3. The number of aromatic nitrogens is 1. The van der Waals surface area contributed by atoms with E-state index in [1.54, 1.807) is 18.3 Å². The first kappa shape index (κ1) is 14.7. The number of rotatable bonds is 5. The van der Waals surface area contributed by atoms with E-state index in [0.29, 0.717) is 0 Å². The van der Waals surface area contributed by atoms with Gasteiger partial charge in [-0.25, -0.2) is 4.39 Å². The molecule has 1 atom stereocenters. The number of halogens is 1. The maximum absolute atomic E-state index is 13.7. The number of pyridine rings is 1. The lowest BCUT2D eigenvalue weighted by Gasteiger charge is -2.22. The standard InChI is InChI=1S/C17H21FN2/c1-4-13-11-19-7-6-16(13)17(20-5-2)14-8-12(3)9-15(18)10-14/h6-11,17,20H,4-5H2,1-3H3. The van der Waals surface area contributed by atoms with Gasteiger partial charge in [-0.3, -0.25) is 4.98 Å². The van der Waals surface area contributed by atoms with E-state index in [0.717, 1.165) is 24.1 Å². The van der Waals surface area contributed by atoms with Gasteiger partial charge in [0, 0.05) is 12.4 Å². The van der Waals surface area contributed by atoms with E-state index in [4.69, 9.17) is 0 Å². The van der Waals surface area contributed by atoms with Crippen molar-refractivity contribution < 1.29 is 4.39 Å². The van der Waals surface area contributed by atoms with Crippen molar-refractivity contribution in [3.8, 4) is 0 Å². The Morgan fingerprint density at radius 2 is 2.05 bits per heavy atom. The highest BCUT2D eigenvalue weighted by Crippen LogP contribution is 2.26. The largest absolute Gasteiger partial charge is 0.307 e. The van der Waals surface area contributed by atoms with E-state index in [1.165, 1.54) is 11.1 Å². The van der Waals surface area contributed by atoms with Crippen molar-refractivity contribution in [1.82, 2.24) is 10.3 Å². The molecule has 1 heterocycles. The zero-order valence-corrected chi connectivity index (χ0v) is 12.3. The average Bonchev–Trinajstić information content (AvgIpc) is 2.43. The summed E-state index contributed by atoms with van der Waals surface area (Å²) in [6, 6.07) is 7.23. The molecular formula is C17H21FN2. The van der Waals surface area contributed by atoms with Gasteiger partial charge < -0.3 is 5.32 Å². The molecular weight excluding hydrogens is 251 g/mol. The van der Waals surface area contributed by atoms with Gasteiger partial charge in [-0.15, -0.1) is 0 Å². The molecule has 0 saturated carbocycles. The minimum absolute atomic E-state index is 0.00681. The normalized spacial score (nSPS) is 12.4. The Morgan fingerprint density at radius 1 is 1.25 bits per heavy atom. The van der Waals surface area contributed by atoms with Crippen molar-refractivity contribution >= 4 is 0 Å². The van der Waals surface area contributed by atoms with Crippen molar-refractivity contribution in [1.29, 1.82) is 0 Å². The van der Waals surface area contributed by atoms with Crippen molar-refractivity contribution in [3.63, 3.8) is 0 Å². The second-order valence-corrected chi connectivity index (χ2v) is 4.98. The van der Waals surface area contributed by atoms with Crippen LogP contribution in [0.5, 0.6) is 0 Å². The summed E-state index contributed by atoms with van der Waals surface area (Å²) in [6.07, 6.45) is 4.61. The van der Waals surface area contributed by atoms with Crippen LogP contribution in [-0.4, -0.2) is 11.5 Å².